The van der Waals surface area contributed by atoms with Gasteiger partial charge in [-0.25, -0.2) is 8.42 Å². The van der Waals surface area contributed by atoms with E-state index in [4.69, 9.17) is 11.6 Å². The van der Waals surface area contributed by atoms with Crippen molar-refractivity contribution in [3.63, 3.8) is 0 Å². The van der Waals surface area contributed by atoms with Crippen molar-refractivity contribution >= 4 is 33.0 Å². The highest BCUT2D eigenvalue weighted by molar-refractivity contribution is 7.92. The number of hydrogen-bond acceptors (Lipinski definition) is 4. The lowest BCUT2D eigenvalue weighted by atomic mass is 10.1. The van der Waals surface area contributed by atoms with Gasteiger partial charge in [0, 0.05) is 26.2 Å². The van der Waals surface area contributed by atoms with Crippen molar-refractivity contribution in [1.82, 2.24) is 4.90 Å². The minimum atomic E-state index is -3.53. The molecule has 0 spiro atoms. The predicted octanol–water partition coefficient (Wildman–Crippen LogP) is 3.48. The summed E-state index contributed by atoms with van der Waals surface area (Å²) in [5, 5.41) is 0.106. The van der Waals surface area contributed by atoms with Gasteiger partial charge in [0.05, 0.1) is 26.4 Å². The van der Waals surface area contributed by atoms with Gasteiger partial charge in [0.25, 0.3) is 5.91 Å². The third-order valence-electron chi connectivity index (χ3n) is 4.80. The van der Waals surface area contributed by atoms with Crippen molar-refractivity contribution in [2.75, 3.05) is 31.1 Å². The summed E-state index contributed by atoms with van der Waals surface area (Å²) in [5.74, 6) is -0.242. The number of halogens is 1. The summed E-state index contributed by atoms with van der Waals surface area (Å²) >= 11 is 6.26. The van der Waals surface area contributed by atoms with E-state index in [1.807, 2.05) is 24.3 Å². The van der Waals surface area contributed by atoms with Gasteiger partial charge in [0.2, 0.25) is 0 Å². The van der Waals surface area contributed by atoms with E-state index < -0.39 is 15.1 Å². The molecule has 3 rings (SSSR count). The molecule has 0 aromatic heterocycles. The smallest absolute Gasteiger partial charge is 0.255 e. The van der Waals surface area contributed by atoms with Crippen LogP contribution in [0.2, 0.25) is 5.02 Å². The summed E-state index contributed by atoms with van der Waals surface area (Å²) < 4.78 is 25.2. The molecule has 0 unspecified atom stereocenters. The fraction of sp³-hybridized carbons (Fsp3) is 0.350. The minimum Gasteiger partial charge on any atom is -0.367 e. The highest BCUT2D eigenvalue weighted by Crippen LogP contribution is 2.27. The Kier molecular flexibility index (Phi) is 5.77. The summed E-state index contributed by atoms with van der Waals surface area (Å²) in [6.45, 7) is 5.57. The van der Waals surface area contributed by atoms with Crippen LogP contribution in [0.25, 0.3) is 0 Å². The highest BCUT2D eigenvalue weighted by atomic mass is 35.5. The summed E-state index contributed by atoms with van der Waals surface area (Å²) in [5.41, 5.74) is 1.20. The topological polar surface area (TPSA) is 57.7 Å². The molecule has 0 N–H and O–H groups in total. The van der Waals surface area contributed by atoms with Gasteiger partial charge < -0.3 is 9.80 Å². The zero-order chi connectivity index (χ0) is 19.6. The maximum absolute atomic E-state index is 13.0. The van der Waals surface area contributed by atoms with Gasteiger partial charge in [-0.3, -0.25) is 4.79 Å². The van der Waals surface area contributed by atoms with Gasteiger partial charge in [-0.2, -0.15) is 0 Å². The van der Waals surface area contributed by atoms with E-state index in [1.54, 1.807) is 36.9 Å². The van der Waals surface area contributed by atoms with Gasteiger partial charge in [-0.05, 0) is 38.1 Å². The second kappa shape index (κ2) is 7.90. The second-order valence-corrected chi connectivity index (χ2v) is 9.70. The number of rotatable bonds is 4. The van der Waals surface area contributed by atoms with Crippen LogP contribution in [0.4, 0.5) is 5.69 Å². The van der Waals surface area contributed by atoms with Crippen LogP contribution in [-0.2, 0) is 9.84 Å². The van der Waals surface area contributed by atoms with Crippen molar-refractivity contribution in [3.8, 4) is 0 Å². The van der Waals surface area contributed by atoms with E-state index in [9.17, 15) is 13.2 Å². The Balaban J connectivity index is 1.79. The maximum Gasteiger partial charge on any atom is 0.255 e. The summed E-state index contributed by atoms with van der Waals surface area (Å²) in [6.07, 6.45) is 0. The van der Waals surface area contributed by atoms with E-state index in [2.05, 4.69) is 4.90 Å². The third-order valence-corrected chi connectivity index (χ3v) is 7.33. The van der Waals surface area contributed by atoms with E-state index in [0.717, 1.165) is 5.69 Å². The van der Waals surface area contributed by atoms with E-state index in [1.165, 1.54) is 6.07 Å². The first-order valence-corrected chi connectivity index (χ1v) is 10.9. The quantitative estimate of drug-likeness (QED) is 0.779. The van der Waals surface area contributed by atoms with E-state index >= 15 is 0 Å². The van der Waals surface area contributed by atoms with Crippen LogP contribution in [0.15, 0.2) is 53.4 Å². The Morgan fingerprint density at radius 1 is 0.963 bits per heavy atom. The number of para-hydroxylation sites is 1. The predicted molar refractivity (Wildman–Crippen MR) is 108 cm³/mol. The molecule has 1 fully saturated rings. The first kappa shape index (κ1) is 19.7. The maximum atomic E-state index is 13.0. The molecule has 1 aliphatic rings. The average molecular weight is 407 g/mol. The molecule has 0 bridgehead atoms. The van der Waals surface area contributed by atoms with Crippen molar-refractivity contribution < 1.29 is 13.2 Å². The van der Waals surface area contributed by atoms with Crippen LogP contribution in [0.5, 0.6) is 0 Å². The lowest BCUT2D eigenvalue weighted by Crippen LogP contribution is -2.49. The third kappa shape index (κ3) is 3.96. The van der Waals surface area contributed by atoms with Crippen LogP contribution >= 0.6 is 11.6 Å². The lowest BCUT2D eigenvalue weighted by molar-refractivity contribution is 0.0743. The number of sulfone groups is 1. The van der Waals surface area contributed by atoms with E-state index in [-0.39, 0.29) is 16.4 Å². The van der Waals surface area contributed by atoms with Crippen LogP contribution in [0.3, 0.4) is 0 Å². The molecule has 0 saturated carbocycles. The molecule has 0 aliphatic carbocycles. The standard InChI is InChI=1S/C20H23ClN2O3S/c1-15(2)27(25,26)19-10-6-3-7-16(19)20(24)23-13-11-22(12-14-23)18-9-5-4-8-17(18)21/h3-10,15H,11-14H2,1-2H3. The first-order valence-electron chi connectivity index (χ1n) is 8.94. The van der Waals surface area contributed by atoms with Gasteiger partial charge in [0.15, 0.2) is 9.84 Å². The van der Waals surface area contributed by atoms with Crippen molar-refractivity contribution in [3.05, 3.63) is 59.1 Å². The Hall–Kier alpha value is -2.05. The average Bonchev–Trinajstić information content (AvgIpc) is 2.68. The van der Waals surface area contributed by atoms with Crippen LogP contribution in [0.1, 0.15) is 24.2 Å². The summed E-state index contributed by atoms with van der Waals surface area (Å²) in [7, 11) is -3.53. The molecule has 0 atom stereocenters. The molecule has 2 aromatic carbocycles. The number of hydrogen-bond donors (Lipinski definition) is 0. The minimum absolute atomic E-state index is 0.110. The molecule has 1 saturated heterocycles. The molecular weight excluding hydrogens is 384 g/mol. The number of nitrogens with zero attached hydrogens (tertiary/aromatic N) is 2. The molecular formula is C20H23ClN2O3S. The lowest BCUT2D eigenvalue weighted by Gasteiger charge is -2.36. The Bertz CT molecular complexity index is 936. The number of benzene rings is 2. The summed E-state index contributed by atoms with van der Waals surface area (Å²) in [4.78, 5) is 17.0. The number of carbonyl (C=O) groups is 1. The van der Waals surface area contributed by atoms with Gasteiger partial charge in [0.1, 0.15) is 0 Å². The molecule has 1 amide bonds. The van der Waals surface area contributed by atoms with Crippen molar-refractivity contribution in [2.45, 2.75) is 24.0 Å². The molecule has 2 aromatic rings. The molecule has 7 heteroatoms. The molecule has 1 aliphatic heterocycles. The molecule has 144 valence electrons. The first-order chi connectivity index (χ1) is 12.8. The molecule has 0 radical (unpaired) electrons. The van der Waals surface area contributed by atoms with Gasteiger partial charge >= 0.3 is 0 Å². The van der Waals surface area contributed by atoms with Gasteiger partial charge in [-0.1, -0.05) is 35.9 Å². The Labute approximate surface area is 165 Å². The van der Waals surface area contributed by atoms with Crippen LogP contribution in [0, 0.1) is 0 Å². The fourth-order valence-corrected chi connectivity index (χ4v) is 4.67. The SMILES string of the molecule is CC(C)S(=O)(=O)c1ccccc1C(=O)N1CCN(c2ccccc2Cl)CC1. The van der Waals surface area contributed by atoms with Gasteiger partial charge in [-0.15, -0.1) is 0 Å². The zero-order valence-corrected chi connectivity index (χ0v) is 17.0. The number of carbonyl (C=O) groups excluding carboxylic acids is 1. The second-order valence-electron chi connectivity index (χ2n) is 6.82. The monoisotopic (exact) mass is 406 g/mol. The number of piperazine rings is 1. The largest absolute Gasteiger partial charge is 0.367 e. The fourth-order valence-electron chi connectivity index (χ4n) is 3.17. The van der Waals surface area contributed by atoms with E-state index in [0.29, 0.717) is 31.2 Å². The highest BCUT2D eigenvalue weighted by Gasteiger charge is 2.29. The zero-order valence-electron chi connectivity index (χ0n) is 15.4. The van der Waals surface area contributed by atoms with Crippen LogP contribution < -0.4 is 4.90 Å². The normalized spacial score (nSPS) is 15.3. The molecule has 1 heterocycles. The molecule has 27 heavy (non-hydrogen) atoms. The Morgan fingerprint density at radius 2 is 1.56 bits per heavy atom. The molecule has 5 nitrogen and oxygen atoms in total. The summed E-state index contributed by atoms with van der Waals surface area (Å²) in [6, 6.07) is 14.1. The number of amides is 1. The van der Waals surface area contributed by atoms with Crippen molar-refractivity contribution in [2.24, 2.45) is 0 Å². The number of anilines is 1. The Morgan fingerprint density at radius 3 is 2.19 bits per heavy atom. The van der Waals surface area contributed by atoms with Crippen molar-refractivity contribution in [1.29, 1.82) is 0 Å². The van der Waals surface area contributed by atoms with Crippen LogP contribution in [-0.4, -0.2) is 50.7 Å².